The van der Waals surface area contributed by atoms with Gasteiger partial charge in [-0.1, -0.05) is 0 Å². The molecular formula is C21H23NO4. The van der Waals surface area contributed by atoms with Crippen LogP contribution in [0.25, 0.3) is 10.9 Å². The summed E-state index contributed by atoms with van der Waals surface area (Å²) in [6.07, 6.45) is 3.70. The number of hydrogen-bond donors (Lipinski definition) is 3. The van der Waals surface area contributed by atoms with Crippen LogP contribution in [0.1, 0.15) is 43.8 Å². The SMILES string of the molecule is O=c1ccc2ccc3c(c2[nH]1)[C@H](O)[C@H](O)C1(O3)C2CC3CC(C2)CC1C3. The highest BCUT2D eigenvalue weighted by Crippen LogP contribution is 2.63. The van der Waals surface area contributed by atoms with E-state index in [0.29, 0.717) is 28.7 Å². The highest BCUT2D eigenvalue weighted by Gasteiger charge is 2.65. The van der Waals surface area contributed by atoms with Crippen molar-refractivity contribution in [3.8, 4) is 5.75 Å². The van der Waals surface area contributed by atoms with Crippen LogP contribution in [-0.2, 0) is 0 Å². The highest BCUT2D eigenvalue weighted by atomic mass is 16.5. The highest BCUT2D eigenvalue weighted by molar-refractivity contribution is 5.84. The zero-order valence-corrected chi connectivity index (χ0v) is 14.5. The van der Waals surface area contributed by atoms with Crippen LogP contribution >= 0.6 is 0 Å². The largest absolute Gasteiger partial charge is 0.483 e. The van der Waals surface area contributed by atoms with Crippen LogP contribution in [0.3, 0.4) is 0 Å². The van der Waals surface area contributed by atoms with Gasteiger partial charge in [-0.05, 0) is 67.5 Å². The minimum Gasteiger partial charge on any atom is -0.483 e. The van der Waals surface area contributed by atoms with Crippen molar-refractivity contribution >= 4 is 10.9 Å². The first-order valence-electron chi connectivity index (χ1n) is 9.77. The average Bonchev–Trinajstić information content (AvgIpc) is 2.62. The quantitative estimate of drug-likeness (QED) is 0.680. The average molecular weight is 353 g/mol. The number of rotatable bonds is 0. The number of H-pyrrole nitrogens is 1. The summed E-state index contributed by atoms with van der Waals surface area (Å²) in [5.74, 6) is 2.74. The molecule has 4 fully saturated rings. The third-order valence-corrected chi connectivity index (χ3v) is 7.66. The van der Waals surface area contributed by atoms with Crippen molar-refractivity contribution in [3.05, 3.63) is 40.2 Å². The Hall–Kier alpha value is -1.85. The molecule has 3 N–H and O–H groups in total. The standard InChI is InChI=1S/C21H23NO4/c23-16-4-2-12-1-3-15-17(18(12)22-16)19(24)20(25)21(26-15)13-6-10-5-11(8-13)9-14(21)7-10/h1-4,10-11,13-14,19-20,24-25H,5-9H2,(H,22,23)/t10?,11?,13?,14?,19-,20-,21?/m0/s1. The molecule has 0 radical (unpaired) electrons. The molecule has 1 spiro atoms. The van der Waals surface area contributed by atoms with E-state index in [1.165, 1.54) is 12.5 Å². The molecule has 5 nitrogen and oxygen atoms in total. The predicted octanol–water partition coefficient (Wildman–Crippen LogP) is 2.51. The number of aliphatic hydroxyl groups is 2. The molecule has 4 aliphatic carbocycles. The number of aliphatic hydroxyl groups excluding tert-OH is 2. The molecule has 4 bridgehead atoms. The van der Waals surface area contributed by atoms with E-state index in [1.54, 1.807) is 6.07 Å². The van der Waals surface area contributed by atoms with Crippen molar-refractivity contribution in [3.63, 3.8) is 0 Å². The van der Waals surface area contributed by atoms with Crippen LogP contribution in [0.4, 0.5) is 0 Å². The molecule has 1 aromatic heterocycles. The van der Waals surface area contributed by atoms with Crippen LogP contribution in [0.2, 0.25) is 0 Å². The molecule has 5 heteroatoms. The Morgan fingerprint density at radius 1 is 0.962 bits per heavy atom. The number of nitrogens with one attached hydrogen (secondary N) is 1. The van der Waals surface area contributed by atoms with Crippen LogP contribution in [0.5, 0.6) is 5.75 Å². The van der Waals surface area contributed by atoms with E-state index in [9.17, 15) is 15.0 Å². The number of benzene rings is 1. The summed E-state index contributed by atoms with van der Waals surface area (Å²) < 4.78 is 6.59. The molecule has 1 aliphatic heterocycles. The summed E-state index contributed by atoms with van der Waals surface area (Å²) in [4.78, 5) is 14.6. The molecule has 0 unspecified atom stereocenters. The summed E-state index contributed by atoms with van der Waals surface area (Å²) in [5.41, 5.74) is 0.192. The number of ether oxygens (including phenoxy) is 1. The zero-order valence-electron chi connectivity index (χ0n) is 14.5. The lowest BCUT2D eigenvalue weighted by Crippen LogP contribution is -2.68. The second-order valence-electron chi connectivity index (χ2n) is 8.91. The van der Waals surface area contributed by atoms with Gasteiger partial charge in [0.2, 0.25) is 5.56 Å². The number of fused-ring (bicyclic) bond motifs is 3. The van der Waals surface area contributed by atoms with Gasteiger partial charge >= 0.3 is 0 Å². The van der Waals surface area contributed by atoms with Gasteiger partial charge < -0.3 is 19.9 Å². The molecule has 2 atom stereocenters. The maximum absolute atomic E-state index is 11.8. The van der Waals surface area contributed by atoms with E-state index in [4.69, 9.17) is 4.74 Å². The molecule has 0 saturated heterocycles. The fraction of sp³-hybridized carbons (Fsp3) is 0.571. The number of aromatic amines is 1. The molecule has 7 rings (SSSR count). The van der Waals surface area contributed by atoms with Crippen molar-refractivity contribution in [1.82, 2.24) is 4.98 Å². The second-order valence-corrected chi connectivity index (χ2v) is 8.91. The molecule has 2 aromatic rings. The molecule has 4 saturated carbocycles. The number of pyridine rings is 1. The second kappa shape index (κ2) is 4.90. The predicted molar refractivity (Wildman–Crippen MR) is 95.9 cm³/mol. The van der Waals surface area contributed by atoms with Crippen molar-refractivity contribution in [2.45, 2.75) is 49.9 Å². The summed E-state index contributed by atoms with van der Waals surface area (Å²) in [6, 6.07) is 7.01. The van der Waals surface area contributed by atoms with Crippen LogP contribution in [0, 0.1) is 23.7 Å². The number of hydrogen-bond acceptors (Lipinski definition) is 4. The van der Waals surface area contributed by atoms with Gasteiger partial charge in [-0.2, -0.15) is 0 Å². The van der Waals surface area contributed by atoms with E-state index >= 15 is 0 Å². The third kappa shape index (κ3) is 1.75. The van der Waals surface area contributed by atoms with Crippen LogP contribution < -0.4 is 10.3 Å². The van der Waals surface area contributed by atoms with Gasteiger partial charge in [-0.15, -0.1) is 0 Å². The number of aromatic nitrogens is 1. The van der Waals surface area contributed by atoms with Crippen molar-refractivity contribution in [2.24, 2.45) is 23.7 Å². The molecule has 1 aromatic carbocycles. The lowest BCUT2D eigenvalue weighted by atomic mass is 9.47. The maximum atomic E-state index is 11.8. The van der Waals surface area contributed by atoms with Gasteiger partial charge in [0.1, 0.15) is 23.6 Å². The Morgan fingerprint density at radius 3 is 2.31 bits per heavy atom. The van der Waals surface area contributed by atoms with E-state index in [1.807, 2.05) is 12.1 Å². The molecule has 26 heavy (non-hydrogen) atoms. The first-order chi connectivity index (χ1) is 12.6. The van der Waals surface area contributed by atoms with Crippen molar-refractivity contribution in [1.29, 1.82) is 0 Å². The van der Waals surface area contributed by atoms with Crippen LogP contribution in [0.15, 0.2) is 29.1 Å². The maximum Gasteiger partial charge on any atom is 0.248 e. The zero-order chi connectivity index (χ0) is 17.6. The fourth-order valence-corrected chi connectivity index (χ4v) is 6.83. The Kier molecular flexibility index (Phi) is 2.87. The molecule has 5 aliphatic rings. The summed E-state index contributed by atoms with van der Waals surface area (Å²) >= 11 is 0. The Morgan fingerprint density at radius 2 is 1.62 bits per heavy atom. The minimum atomic E-state index is -1.04. The van der Waals surface area contributed by atoms with E-state index in [0.717, 1.165) is 42.9 Å². The van der Waals surface area contributed by atoms with E-state index in [2.05, 4.69) is 4.98 Å². The minimum absolute atomic E-state index is 0.220. The first-order valence-corrected chi connectivity index (χ1v) is 9.77. The fourth-order valence-electron chi connectivity index (χ4n) is 6.83. The Balaban J connectivity index is 1.54. The van der Waals surface area contributed by atoms with E-state index < -0.39 is 17.8 Å². The van der Waals surface area contributed by atoms with Gasteiger partial charge in [0.05, 0.1) is 5.52 Å². The molecular weight excluding hydrogens is 330 g/mol. The lowest BCUT2D eigenvalue weighted by Gasteiger charge is -2.63. The summed E-state index contributed by atoms with van der Waals surface area (Å²) in [6.45, 7) is 0. The van der Waals surface area contributed by atoms with Gasteiger partial charge in [0, 0.05) is 23.5 Å². The normalized spacial score (nSPS) is 42.8. The van der Waals surface area contributed by atoms with Gasteiger partial charge in [-0.3, -0.25) is 4.79 Å². The molecule has 0 amide bonds. The Labute approximate surface area is 151 Å². The first kappa shape index (κ1) is 15.2. The smallest absolute Gasteiger partial charge is 0.248 e. The summed E-state index contributed by atoms with van der Waals surface area (Å²) in [7, 11) is 0. The monoisotopic (exact) mass is 353 g/mol. The van der Waals surface area contributed by atoms with Crippen LogP contribution in [-0.4, -0.2) is 26.9 Å². The molecule has 136 valence electrons. The molecule has 2 heterocycles. The third-order valence-electron chi connectivity index (χ3n) is 7.66. The van der Waals surface area contributed by atoms with Crippen molar-refractivity contribution < 1.29 is 14.9 Å². The van der Waals surface area contributed by atoms with Gasteiger partial charge in [0.25, 0.3) is 0 Å². The summed E-state index contributed by atoms with van der Waals surface area (Å²) in [5, 5.41) is 23.2. The Bertz CT molecular complexity index is 936. The van der Waals surface area contributed by atoms with E-state index in [-0.39, 0.29) is 5.56 Å². The van der Waals surface area contributed by atoms with Gasteiger partial charge in [-0.25, -0.2) is 0 Å². The van der Waals surface area contributed by atoms with Crippen molar-refractivity contribution in [2.75, 3.05) is 0 Å². The topological polar surface area (TPSA) is 82.6 Å². The lowest BCUT2D eigenvalue weighted by molar-refractivity contribution is -0.237. The van der Waals surface area contributed by atoms with Gasteiger partial charge in [0.15, 0.2) is 0 Å².